The summed E-state index contributed by atoms with van der Waals surface area (Å²) in [6.45, 7) is 4.52. The summed E-state index contributed by atoms with van der Waals surface area (Å²) in [5.41, 5.74) is 1.08. The van der Waals surface area contributed by atoms with E-state index in [0.717, 1.165) is 16.1 Å². The zero-order valence-electron chi connectivity index (χ0n) is 17.4. The van der Waals surface area contributed by atoms with Crippen molar-refractivity contribution in [3.8, 4) is 11.5 Å². The second kappa shape index (κ2) is 9.54. The van der Waals surface area contributed by atoms with Crippen LogP contribution < -0.4 is 19.1 Å². The first kappa shape index (κ1) is 23.5. The van der Waals surface area contributed by atoms with Crippen LogP contribution in [-0.4, -0.2) is 39.8 Å². The fourth-order valence-electron chi connectivity index (χ4n) is 3.40. The molecule has 0 unspecified atom stereocenters. The van der Waals surface area contributed by atoms with Crippen molar-refractivity contribution in [3.05, 3.63) is 52.0 Å². The average molecular weight is 487 g/mol. The van der Waals surface area contributed by atoms with Gasteiger partial charge in [0.2, 0.25) is 15.9 Å². The molecule has 3 rings (SSSR count). The van der Waals surface area contributed by atoms with E-state index < -0.39 is 22.0 Å². The smallest absolute Gasteiger partial charge is 0.244 e. The van der Waals surface area contributed by atoms with Crippen LogP contribution in [0, 0.1) is 0 Å². The minimum Gasteiger partial charge on any atom is -0.486 e. The Morgan fingerprint density at radius 1 is 1.10 bits per heavy atom. The molecule has 31 heavy (non-hydrogen) atoms. The van der Waals surface area contributed by atoms with E-state index in [1.807, 2.05) is 19.1 Å². The molecule has 10 heteroatoms. The fourth-order valence-corrected chi connectivity index (χ4v) is 4.90. The van der Waals surface area contributed by atoms with Gasteiger partial charge in [0.1, 0.15) is 19.3 Å². The monoisotopic (exact) mass is 486 g/mol. The Bertz CT molecular complexity index is 1080. The number of hydrogen-bond donors (Lipinski definition) is 1. The highest BCUT2D eigenvalue weighted by Gasteiger charge is 2.32. The summed E-state index contributed by atoms with van der Waals surface area (Å²) < 4.78 is 37.4. The molecule has 0 fully saturated rings. The van der Waals surface area contributed by atoms with Gasteiger partial charge in [-0.05, 0) is 49.2 Å². The molecule has 168 valence electrons. The Morgan fingerprint density at radius 2 is 1.77 bits per heavy atom. The topological polar surface area (TPSA) is 84.9 Å². The summed E-state index contributed by atoms with van der Waals surface area (Å²) >= 11 is 12.0. The Labute approximate surface area is 192 Å². The van der Waals surface area contributed by atoms with E-state index >= 15 is 0 Å². The third-order valence-corrected chi connectivity index (χ3v) is 6.83. The van der Waals surface area contributed by atoms with Crippen molar-refractivity contribution < 1.29 is 22.7 Å². The Morgan fingerprint density at radius 3 is 2.39 bits per heavy atom. The molecule has 0 spiro atoms. The summed E-state index contributed by atoms with van der Waals surface area (Å²) in [6, 6.07) is 8.56. The van der Waals surface area contributed by atoms with E-state index in [-0.39, 0.29) is 23.2 Å². The molecule has 1 aliphatic heterocycles. The van der Waals surface area contributed by atoms with Gasteiger partial charge in [0, 0.05) is 0 Å². The molecule has 1 aliphatic rings. The van der Waals surface area contributed by atoms with Crippen LogP contribution in [0.1, 0.15) is 31.9 Å². The summed E-state index contributed by atoms with van der Waals surface area (Å²) in [6.07, 6.45) is 1.31. The molecule has 0 radical (unpaired) electrons. The highest BCUT2D eigenvalue weighted by atomic mass is 35.5. The van der Waals surface area contributed by atoms with Crippen molar-refractivity contribution in [2.45, 2.75) is 32.4 Å². The molecule has 0 aromatic heterocycles. The number of anilines is 1. The van der Waals surface area contributed by atoms with Gasteiger partial charge < -0.3 is 14.8 Å². The highest BCUT2D eigenvalue weighted by Crippen LogP contribution is 2.33. The van der Waals surface area contributed by atoms with Gasteiger partial charge in [-0.25, -0.2) is 8.42 Å². The van der Waals surface area contributed by atoms with Crippen LogP contribution in [0.25, 0.3) is 0 Å². The molecule has 0 saturated heterocycles. The van der Waals surface area contributed by atoms with E-state index in [9.17, 15) is 13.2 Å². The van der Waals surface area contributed by atoms with Gasteiger partial charge in [-0.15, -0.1) is 0 Å². The number of fused-ring (bicyclic) bond motifs is 1. The van der Waals surface area contributed by atoms with Crippen LogP contribution >= 0.6 is 23.2 Å². The molecule has 1 heterocycles. The zero-order valence-corrected chi connectivity index (χ0v) is 19.7. The van der Waals surface area contributed by atoms with Crippen LogP contribution in [0.4, 0.5) is 5.69 Å². The first-order valence-electron chi connectivity index (χ1n) is 9.76. The normalized spacial score (nSPS) is 15.1. The Hall–Kier alpha value is -2.16. The molecule has 0 aliphatic carbocycles. The van der Waals surface area contributed by atoms with Crippen LogP contribution in [0.5, 0.6) is 11.5 Å². The van der Waals surface area contributed by atoms with Crippen molar-refractivity contribution in [1.82, 2.24) is 5.32 Å². The van der Waals surface area contributed by atoms with E-state index in [1.54, 1.807) is 13.0 Å². The summed E-state index contributed by atoms with van der Waals surface area (Å²) in [5.74, 6) is 0.842. The largest absolute Gasteiger partial charge is 0.486 e. The number of benzene rings is 2. The van der Waals surface area contributed by atoms with Crippen molar-refractivity contribution in [2.24, 2.45) is 0 Å². The number of nitrogens with one attached hydrogen (secondary N) is 1. The van der Waals surface area contributed by atoms with Crippen LogP contribution in [0.3, 0.4) is 0 Å². The molecule has 1 N–H and O–H groups in total. The Kier molecular flexibility index (Phi) is 7.24. The minimum absolute atomic E-state index is 0.202. The molecule has 7 nitrogen and oxygen atoms in total. The third kappa shape index (κ3) is 5.37. The van der Waals surface area contributed by atoms with E-state index in [1.165, 1.54) is 18.2 Å². The van der Waals surface area contributed by atoms with Crippen molar-refractivity contribution >= 4 is 44.8 Å². The van der Waals surface area contributed by atoms with Crippen LogP contribution in [0.2, 0.25) is 10.0 Å². The molecule has 0 bridgehead atoms. The number of ether oxygens (including phenoxy) is 2. The van der Waals surface area contributed by atoms with Gasteiger partial charge in [-0.1, -0.05) is 36.2 Å². The van der Waals surface area contributed by atoms with E-state index in [0.29, 0.717) is 29.7 Å². The first-order valence-corrected chi connectivity index (χ1v) is 12.4. The van der Waals surface area contributed by atoms with Crippen molar-refractivity contribution in [3.63, 3.8) is 0 Å². The molecule has 1 amide bonds. The summed E-state index contributed by atoms with van der Waals surface area (Å²) in [7, 11) is -3.78. The second-order valence-corrected chi connectivity index (χ2v) is 9.89. The van der Waals surface area contributed by atoms with Gasteiger partial charge in [-0.2, -0.15) is 0 Å². The summed E-state index contributed by atoms with van der Waals surface area (Å²) in [4.78, 5) is 13.1. The highest BCUT2D eigenvalue weighted by molar-refractivity contribution is 7.92. The molecular weight excluding hydrogens is 463 g/mol. The maximum absolute atomic E-state index is 13.1. The number of carbonyl (C=O) groups excluding carboxylic acids is 1. The lowest BCUT2D eigenvalue weighted by atomic mass is 10.1. The summed E-state index contributed by atoms with van der Waals surface area (Å²) in [5, 5.41) is 3.40. The third-order valence-electron chi connectivity index (χ3n) is 4.91. The quantitative estimate of drug-likeness (QED) is 0.633. The van der Waals surface area contributed by atoms with Gasteiger partial charge in [0.15, 0.2) is 11.5 Å². The Balaban J connectivity index is 1.85. The van der Waals surface area contributed by atoms with Crippen molar-refractivity contribution in [1.29, 1.82) is 0 Å². The number of nitrogens with zero attached hydrogens (tertiary/aromatic N) is 1. The predicted octanol–water partition coefficient (Wildman–Crippen LogP) is 4.19. The number of halogens is 2. The zero-order chi connectivity index (χ0) is 22.8. The minimum atomic E-state index is -3.78. The standard InChI is InChI=1S/C21H24Cl2N2O5S/c1-4-18(25(31(3,27)28)15-6-7-16(22)17(23)12-15)21(26)24-13(2)14-5-8-19-20(11-14)30-10-9-29-19/h5-8,11-13,18H,4,9-10H2,1-3H3,(H,24,26)/t13-,18+/m0/s1. The van der Waals surface area contributed by atoms with E-state index in [2.05, 4.69) is 5.32 Å². The second-order valence-electron chi connectivity index (χ2n) is 7.21. The maximum Gasteiger partial charge on any atom is 0.244 e. The number of carbonyl (C=O) groups is 1. The SMILES string of the molecule is CC[C@H](C(=O)N[C@@H](C)c1ccc2c(c1)OCCO2)N(c1ccc(Cl)c(Cl)c1)S(C)(=O)=O. The number of rotatable bonds is 7. The van der Waals surface area contributed by atoms with Gasteiger partial charge in [0.25, 0.3) is 0 Å². The lowest BCUT2D eigenvalue weighted by Gasteiger charge is -2.31. The number of sulfonamides is 1. The molecule has 2 atom stereocenters. The first-order chi connectivity index (χ1) is 14.6. The molecule has 2 aromatic carbocycles. The van der Waals surface area contributed by atoms with Crippen LogP contribution in [-0.2, 0) is 14.8 Å². The molecule has 2 aromatic rings. The van der Waals surface area contributed by atoms with Gasteiger partial charge in [0.05, 0.1) is 28.0 Å². The lowest BCUT2D eigenvalue weighted by molar-refractivity contribution is -0.122. The molecular formula is C21H24Cl2N2O5S. The van der Waals surface area contributed by atoms with Crippen molar-refractivity contribution in [2.75, 3.05) is 23.8 Å². The number of hydrogen-bond acceptors (Lipinski definition) is 5. The maximum atomic E-state index is 13.1. The van der Waals surface area contributed by atoms with Crippen LogP contribution in [0.15, 0.2) is 36.4 Å². The van der Waals surface area contributed by atoms with Gasteiger partial charge >= 0.3 is 0 Å². The van der Waals surface area contributed by atoms with E-state index in [4.69, 9.17) is 32.7 Å². The van der Waals surface area contributed by atoms with Gasteiger partial charge in [-0.3, -0.25) is 9.10 Å². The molecule has 0 saturated carbocycles. The average Bonchev–Trinajstić information content (AvgIpc) is 2.72. The lowest BCUT2D eigenvalue weighted by Crippen LogP contribution is -2.49. The fraction of sp³-hybridized carbons (Fsp3) is 0.381. The number of amides is 1. The predicted molar refractivity (Wildman–Crippen MR) is 122 cm³/mol.